The van der Waals surface area contributed by atoms with Gasteiger partial charge < -0.3 is 4.57 Å². The normalized spacial score (nSPS) is 11.1. The molecule has 0 amide bonds. The quantitative estimate of drug-likeness (QED) is 0.763. The summed E-state index contributed by atoms with van der Waals surface area (Å²) in [5, 5.41) is 1.31. The van der Waals surface area contributed by atoms with Crippen LogP contribution in [-0.2, 0) is 6.54 Å². The molecule has 0 fully saturated rings. The lowest BCUT2D eigenvalue weighted by molar-refractivity contribution is 0.709. The predicted molar refractivity (Wildman–Crippen MR) is 72.6 cm³/mol. The van der Waals surface area contributed by atoms with Crippen molar-refractivity contribution in [1.29, 1.82) is 0 Å². The molecule has 80 valence electrons. The Balaban J connectivity index is 2.25. The van der Waals surface area contributed by atoms with E-state index in [1.165, 1.54) is 27.5 Å². The van der Waals surface area contributed by atoms with E-state index in [4.69, 9.17) is 0 Å². The topological polar surface area (TPSA) is 4.93 Å². The maximum Gasteiger partial charge on any atom is 0.0491 e. The van der Waals surface area contributed by atoms with Gasteiger partial charge in [0.1, 0.15) is 0 Å². The lowest BCUT2D eigenvalue weighted by Crippen LogP contribution is -1.96. The molecule has 3 heteroatoms. The number of thioether (sulfide) groups is 1. The first-order valence-electron chi connectivity index (χ1n) is 5.05. The molecule has 0 atom stereocenters. The average molecular weight is 284 g/mol. The second-order valence-electron chi connectivity index (χ2n) is 3.53. The van der Waals surface area contributed by atoms with Crippen molar-refractivity contribution in [2.45, 2.75) is 13.0 Å². The molecule has 0 saturated carbocycles. The summed E-state index contributed by atoms with van der Waals surface area (Å²) in [5.41, 5.74) is 1.32. The molecule has 0 spiro atoms. The van der Waals surface area contributed by atoms with E-state index < -0.39 is 0 Å². The van der Waals surface area contributed by atoms with Crippen molar-refractivity contribution in [2.75, 3.05) is 12.0 Å². The van der Waals surface area contributed by atoms with Gasteiger partial charge in [0, 0.05) is 28.1 Å². The molecule has 2 rings (SSSR count). The fraction of sp³-hybridized carbons (Fsp3) is 0.333. The van der Waals surface area contributed by atoms with E-state index in [0.717, 1.165) is 6.54 Å². The minimum Gasteiger partial charge on any atom is -0.347 e. The Morgan fingerprint density at radius 1 is 1.33 bits per heavy atom. The van der Waals surface area contributed by atoms with Gasteiger partial charge in [0.25, 0.3) is 0 Å². The van der Waals surface area contributed by atoms with Gasteiger partial charge in [-0.15, -0.1) is 0 Å². The van der Waals surface area contributed by atoms with Crippen molar-refractivity contribution >= 4 is 38.6 Å². The van der Waals surface area contributed by atoms with Crippen molar-refractivity contribution in [3.63, 3.8) is 0 Å². The van der Waals surface area contributed by atoms with Crippen LogP contribution in [0, 0.1) is 0 Å². The molecule has 0 aliphatic rings. The average Bonchev–Trinajstić information content (AvgIpc) is 2.64. The van der Waals surface area contributed by atoms with Crippen molar-refractivity contribution in [3.8, 4) is 0 Å². The molecule has 0 N–H and O–H groups in total. The van der Waals surface area contributed by atoms with E-state index in [-0.39, 0.29) is 0 Å². The van der Waals surface area contributed by atoms with Gasteiger partial charge in [0.15, 0.2) is 0 Å². The summed E-state index contributed by atoms with van der Waals surface area (Å²) in [7, 11) is 0. The van der Waals surface area contributed by atoms with Gasteiger partial charge in [-0.2, -0.15) is 11.8 Å². The molecule has 0 bridgehead atoms. The molecule has 1 aromatic heterocycles. The van der Waals surface area contributed by atoms with E-state index >= 15 is 0 Å². The van der Waals surface area contributed by atoms with Crippen LogP contribution in [0.25, 0.3) is 10.9 Å². The van der Waals surface area contributed by atoms with E-state index in [2.05, 4.69) is 57.2 Å². The number of benzene rings is 1. The molecule has 1 aromatic carbocycles. The first kappa shape index (κ1) is 11.1. The first-order valence-corrected chi connectivity index (χ1v) is 7.24. The maximum atomic E-state index is 3.57. The largest absolute Gasteiger partial charge is 0.347 e. The molecule has 2 aromatic rings. The van der Waals surface area contributed by atoms with Gasteiger partial charge in [-0.25, -0.2) is 0 Å². The van der Waals surface area contributed by atoms with Crippen molar-refractivity contribution < 1.29 is 0 Å². The summed E-state index contributed by atoms with van der Waals surface area (Å²) < 4.78 is 3.51. The van der Waals surface area contributed by atoms with Crippen molar-refractivity contribution in [3.05, 3.63) is 34.9 Å². The number of nitrogens with zero attached hydrogens (tertiary/aromatic N) is 1. The molecule has 15 heavy (non-hydrogen) atoms. The Morgan fingerprint density at radius 3 is 3.00 bits per heavy atom. The summed E-state index contributed by atoms with van der Waals surface area (Å²) in [6.45, 7) is 1.11. The maximum absolute atomic E-state index is 3.57. The van der Waals surface area contributed by atoms with Crippen LogP contribution < -0.4 is 0 Å². The number of rotatable bonds is 4. The zero-order valence-electron chi connectivity index (χ0n) is 8.74. The highest BCUT2D eigenvalue weighted by Crippen LogP contribution is 2.24. The van der Waals surface area contributed by atoms with Crippen LogP contribution in [0.5, 0.6) is 0 Å². The van der Waals surface area contributed by atoms with E-state index in [0.29, 0.717) is 0 Å². The molecule has 0 aliphatic carbocycles. The van der Waals surface area contributed by atoms with Gasteiger partial charge in [-0.1, -0.05) is 22.0 Å². The Morgan fingerprint density at radius 2 is 2.20 bits per heavy atom. The highest BCUT2D eigenvalue weighted by atomic mass is 79.9. The number of halogens is 1. The van der Waals surface area contributed by atoms with Gasteiger partial charge >= 0.3 is 0 Å². The van der Waals surface area contributed by atoms with Gasteiger partial charge in [-0.3, -0.25) is 0 Å². The van der Waals surface area contributed by atoms with Crippen LogP contribution in [-0.4, -0.2) is 16.6 Å². The third-order valence-electron chi connectivity index (χ3n) is 2.51. The minimum absolute atomic E-state index is 1.11. The minimum atomic E-state index is 1.11. The Hall–Kier alpha value is -0.410. The summed E-state index contributed by atoms with van der Waals surface area (Å²) in [6, 6.07) is 8.55. The summed E-state index contributed by atoms with van der Waals surface area (Å²) in [6.07, 6.45) is 5.57. The molecule has 0 saturated heterocycles. The lowest BCUT2D eigenvalue weighted by atomic mass is 10.2. The third kappa shape index (κ3) is 2.40. The SMILES string of the molecule is CSCCCn1ccc2c(Br)cccc21. The van der Waals surface area contributed by atoms with E-state index in [1.807, 2.05) is 11.8 Å². The number of aryl methyl sites for hydroxylation is 1. The predicted octanol–water partition coefficient (Wildman–Crippen LogP) is 4.16. The lowest BCUT2D eigenvalue weighted by Gasteiger charge is -2.04. The van der Waals surface area contributed by atoms with Crippen LogP contribution in [0.4, 0.5) is 0 Å². The smallest absolute Gasteiger partial charge is 0.0491 e. The Labute approximate surface area is 103 Å². The van der Waals surface area contributed by atoms with Crippen LogP contribution >= 0.6 is 27.7 Å². The molecule has 0 aliphatic heterocycles. The van der Waals surface area contributed by atoms with Crippen LogP contribution in [0.1, 0.15) is 6.42 Å². The van der Waals surface area contributed by atoms with Crippen LogP contribution in [0.15, 0.2) is 34.9 Å². The number of aromatic nitrogens is 1. The van der Waals surface area contributed by atoms with E-state index in [1.54, 1.807) is 0 Å². The molecular formula is C12H14BrNS. The highest BCUT2D eigenvalue weighted by Gasteiger charge is 2.02. The van der Waals surface area contributed by atoms with E-state index in [9.17, 15) is 0 Å². The summed E-state index contributed by atoms with van der Waals surface area (Å²) in [5.74, 6) is 1.23. The van der Waals surface area contributed by atoms with Gasteiger partial charge in [-0.05, 0) is 36.6 Å². The van der Waals surface area contributed by atoms with Crippen molar-refractivity contribution in [1.82, 2.24) is 4.57 Å². The fourth-order valence-corrected chi connectivity index (χ4v) is 2.67. The zero-order valence-corrected chi connectivity index (χ0v) is 11.1. The summed E-state index contributed by atoms with van der Waals surface area (Å²) >= 11 is 5.48. The first-order chi connectivity index (χ1) is 7.33. The molecule has 1 heterocycles. The second kappa shape index (κ2) is 5.08. The Kier molecular flexibility index (Phi) is 3.76. The standard InChI is InChI=1S/C12H14BrNS/c1-15-9-3-7-14-8-6-10-11(13)4-2-5-12(10)14/h2,4-6,8H,3,7,9H2,1H3. The molecule has 0 radical (unpaired) electrons. The van der Waals surface area contributed by atoms with Crippen LogP contribution in [0.3, 0.4) is 0 Å². The summed E-state index contributed by atoms with van der Waals surface area (Å²) in [4.78, 5) is 0. The zero-order chi connectivity index (χ0) is 10.7. The number of hydrogen-bond donors (Lipinski definition) is 0. The third-order valence-corrected chi connectivity index (χ3v) is 3.90. The van der Waals surface area contributed by atoms with Crippen LogP contribution in [0.2, 0.25) is 0 Å². The molecule has 0 unspecified atom stereocenters. The molecular weight excluding hydrogens is 270 g/mol. The highest BCUT2D eigenvalue weighted by molar-refractivity contribution is 9.10. The number of hydrogen-bond acceptors (Lipinski definition) is 1. The fourth-order valence-electron chi connectivity index (χ4n) is 1.76. The number of fused-ring (bicyclic) bond motifs is 1. The second-order valence-corrected chi connectivity index (χ2v) is 5.37. The van der Waals surface area contributed by atoms with Crippen molar-refractivity contribution in [2.24, 2.45) is 0 Å². The van der Waals surface area contributed by atoms with Gasteiger partial charge in [0.2, 0.25) is 0 Å². The monoisotopic (exact) mass is 283 g/mol. The Bertz CT molecular complexity index is 450. The van der Waals surface area contributed by atoms with Gasteiger partial charge in [0.05, 0.1) is 0 Å². The molecule has 1 nitrogen and oxygen atoms in total.